The molecule has 0 aliphatic rings. The minimum absolute atomic E-state index is 0.239. The van der Waals surface area contributed by atoms with Crippen molar-refractivity contribution in [2.24, 2.45) is 0 Å². The molecule has 0 bridgehead atoms. The first-order chi connectivity index (χ1) is 6.62. The monoisotopic (exact) mass is 232 g/mol. The van der Waals surface area contributed by atoms with Gasteiger partial charge in [-0.1, -0.05) is 20.8 Å². The molecule has 0 radical (unpaired) electrons. The third kappa shape index (κ3) is 2.76. The van der Waals surface area contributed by atoms with Crippen LogP contribution in [0, 0.1) is 5.82 Å². The van der Waals surface area contributed by atoms with Gasteiger partial charge >= 0.3 is 0 Å². The SMILES string of the molecule is CC(C)(C)c1cc(F)ccc1S(=O)(=O)O. The van der Waals surface area contributed by atoms with Gasteiger partial charge < -0.3 is 0 Å². The normalized spacial score (nSPS) is 12.9. The molecule has 0 aliphatic heterocycles. The second-order valence-corrected chi connectivity index (χ2v) is 5.76. The predicted octanol–water partition coefficient (Wildman–Crippen LogP) is 2.37. The molecule has 84 valence electrons. The van der Waals surface area contributed by atoms with Crippen molar-refractivity contribution in [3.8, 4) is 0 Å². The molecule has 0 amide bonds. The number of rotatable bonds is 1. The summed E-state index contributed by atoms with van der Waals surface area (Å²) >= 11 is 0. The fourth-order valence-corrected chi connectivity index (χ4v) is 2.20. The van der Waals surface area contributed by atoms with Gasteiger partial charge in [0.1, 0.15) is 5.82 Å². The molecule has 0 fully saturated rings. The Balaban J connectivity index is 3.55. The van der Waals surface area contributed by atoms with Crippen LogP contribution < -0.4 is 0 Å². The van der Waals surface area contributed by atoms with Crippen LogP contribution in [0.5, 0.6) is 0 Å². The molecule has 0 heterocycles. The third-order valence-corrected chi connectivity index (χ3v) is 2.94. The number of hydrogen-bond donors (Lipinski definition) is 1. The summed E-state index contributed by atoms with van der Waals surface area (Å²) in [5.41, 5.74) is -0.280. The van der Waals surface area contributed by atoms with Gasteiger partial charge in [-0.25, -0.2) is 4.39 Å². The molecule has 1 N–H and O–H groups in total. The van der Waals surface area contributed by atoms with Gasteiger partial charge in [-0.3, -0.25) is 4.55 Å². The molecule has 15 heavy (non-hydrogen) atoms. The molecule has 0 aliphatic carbocycles. The second kappa shape index (κ2) is 3.57. The number of halogens is 1. The lowest BCUT2D eigenvalue weighted by molar-refractivity contribution is 0.475. The van der Waals surface area contributed by atoms with Gasteiger partial charge in [-0.15, -0.1) is 0 Å². The van der Waals surface area contributed by atoms with Crippen molar-refractivity contribution in [1.82, 2.24) is 0 Å². The van der Waals surface area contributed by atoms with E-state index in [4.69, 9.17) is 4.55 Å². The highest BCUT2D eigenvalue weighted by Crippen LogP contribution is 2.29. The van der Waals surface area contributed by atoms with Crippen molar-refractivity contribution in [2.45, 2.75) is 31.1 Å². The van der Waals surface area contributed by atoms with E-state index in [1.165, 1.54) is 0 Å². The average molecular weight is 232 g/mol. The first-order valence-electron chi connectivity index (χ1n) is 4.40. The van der Waals surface area contributed by atoms with Crippen molar-refractivity contribution in [3.05, 3.63) is 29.6 Å². The van der Waals surface area contributed by atoms with E-state index in [0.29, 0.717) is 0 Å². The van der Waals surface area contributed by atoms with Gasteiger partial charge in [0.05, 0.1) is 4.90 Å². The zero-order valence-electron chi connectivity index (χ0n) is 8.78. The van der Waals surface area contributed by atoms with Crippen LogP contribution in [0.3, 0.4) is 0 Å². The maximum atomic E-state index is 13.0. The van der Waals surface area contributed by atoms with E-state index in [-0.39, 0.29) is 10.5 Å². The molecule has 0 spiro atoms. The number of benzene rings is 1. The summed E-state index contributed by atoms with van der Waals surface area (Å²) in [6, 6.07) is 3.21. The van der Waals surface area contributed by atoms with Crippen LogP contribution in [-0.4, -0.2) is 13.0 Å². The van der Waals surface area contributed by atoms with E-state index < -0.39 is 21.4 Å². The molecule has 0 saturated heterocycles. The maximum absolute atomic E-state index is 13.0. The summed E-state index contributed by atoms with van der Waals surface area (Å²) < 4.78 is 44.1. The van der Waals surface area contributed by atoms with Crippen molar-refractivity contribution < 1.29 is 17.4 Å². The molecule has 0 saturated carbocycles. The fraction of sp³-hybridized carbons (Fsp3) is 0.400. The summed E-state index contributed by atoms with van der Waals surface area (Å²) in [5.74, 6) is -0.521. The van der Waals surface area contributed by atoms with Gasteiger partial charge in [0.15, 0.2) is 0 Å². The van der Waals surface area contributed by atoms with E-state index >= 15 is 0 Å². The minimum atomic E-state index is -4.30. The van der Waals surface area contributed by atoms with E-state index in [9.17, 15) is 12.8 Å². The molecule has 0 atom stereocenters. The highest BCUT2D eigenvalue weighted by molar-refractivity contribution is 7.85. The maximum Gasteiger partial charge on any atom is 0.294 e. The Bertz CT molecular complexity index is 472. The minimum Gasteiger partial charge on any atom is -0.282 e. The van der Waals surface area contributed by atoms with Crippen molar-refractivity contribution >= 4 is 10.1 Å². The molecule has 1 aromatic carbocycles. The van der Waals surface area contributed by atoms with Crippen LogP contribution in [0.15, 0.2) is 23.1 Å². The molecule has 5 heteroatoms. The first kappa shape index (κ1) is 12.1. The zero-order valence-corrected chi connectivity index (χ0v) is 9.60. The van der Waals surface area contributed by atoms with E-state index in [2.05, 4.69) is 0 Å². The molecule has 0 unspecified atom stereocenters. The Kier molecular flexibility index (Phi) is 2.89. The Morgan fingerprint density at radius 1 is 1.27 bits per heavy atom. The number of hydrogen-bond acceptors (Lipinski definition) is 2. The zero-order chi connectivity index (χ0) is 11.9. The lowest BCUT2D eigenvalue weighted by Gasteiger charge is -2.21. The van der Waals surface area contributed by atoms with Gasteiger partial charge in [0.2, 0.25) is 0 Å². The largest absolute Gasteiger partial charge is 0.294 e. The van der Waals surface area contributed by atoms with E-state index in [1.54, 1.807) is 20.8 Å². The second-order valence-electron chi connectivity index (χ2n) is 4.37. The molecular weight excluding hydrogens is 219 g/mol. The summed E-state index contributed by atoms with van der Waals surface area (Å²) in [6.07, 6.45) is 0. The van der Waals surface area contributed by atoms with Gasteiger partial charge in [-0.05, 0) is 29.2 Å². The summed E-state index contributed by atoms with van der Waals surface area (Å²) in [6.45, 7) is 5.24. The quantitative estimate of drug-likeness (QED) is 0.756. The van der Waals surface area contributed by atoms with Gasteiger partial charge in [-0.2, -0.15) is 8.42 Å². The Morgan fingerprint density at radius 2 is 1.80 bits per heavy atom. The topological polar surface area (TPSA) is 54.4 Å². The Morgan fingerprint density at radius 3 is 2.20 bits per heavy atom. The molecule has 0 aromatic heterocycles. The standard InChI is InChI=1S/C10H13FO3S/c1-10(2,3)8-6-7(11)4-5-9(8)15(12,13)14/h4-6H,1-3H3,(H,12,13,14). The van der Waals surface area contributed by atoms with Crippen LogP contribution in [-0.2, 0) is 15.5 Å². The summed E-state index contributed by atoms with van der Waals surface area (Å²) in [5, 5.41) is 0. The van der Waals surface area contributed by atoms with E-state index in [1.807, 2.05) is 0 Å². The fourth-order valence-electron chi connectivity index (χ4n) is 1.31. The highest BCUT2D eigenvalue weighted by atomic mass is 32.2. The van der Waals surface area contributed by atoms with Crippen LogP contribution in [0.2, 0.25) is 0 Å². The van der Waals surface area contributed by atoms with Crippen molar-refractivity contribution in [1.29, 1.82) is 0 Å². The summed E-state index contributed by atoms with van der Waals surface area (Å²) in [7, 11) is -4.30. The molecule has 3 nitrogen and oxygen atoms in total. The average Bonchev–Trinajstić information content (AvgIpc) is 2.00. The predicted molar refractivity (Wildman–Crippen MR) is 54.9 cm³/mol. The van der Waals surface area contributed by atoms with Crippen molar-refractivity contribution in [2.75, 3.05) is 0 Å². The van der Waals surface area contributed by atoms with Crippen LogP contribution in [0.25, 0.3) is 0 Å². The lowest BCUT2D eigenvalue weighted by Crippen LogP contribution is -2.17. The highest BCUT2D eigenvalue weighted by Gasteiger charge is 2.24. The molecule has 1 aromatic rings. The van der Waals surface area contributed by atoms with Crippen LogP contribution in [0.4, 0.5) is 4.39 Å². The molecular formula is C10H13FO3S. The van der Waals surface area contributed by atoms with E-state index in [0.717, 1.165) is 18.2 Å². The summed E-state index contributed by atoms with van der Waals surface area (Å²) in [4.78, 5) is -0.239. The smallest absolute Gasteiger partial charge is 0.282 e. The first-order valence-corrected chi connectivity index (χ1v) is 5.84. The lowest BCUT2D eigenvalue weighted by atomic mass is 9.87. The van der Waals surface area contributed by atoms with Gasteiger partial charge in [0.25, 0.3) is 10.1 Å². The van der Waals surface area contributed by atoms with Crippen LogP contribution >= 0.6 is 0 Å². The molecule has 1 rings (SSSR count). The van der Waals surface area contributed by atoms with Gasteiger partial charge in [0, 0.05) is 0 Å². The third-order valence-electron chi connectivity index (χ3n) is 2.03. The Labute approximate surface area is 88.7 Å². The van der Waals surface area contributed by atoms with Crippen molar-refractivity contribution in [3.63, 3.8) is 0 Å². The van der Waals surface area contributed by atoms with Crippen LogP contribution in [0.1, 0.15) is 26.3 Å². The Hall–Kier alpha value is -0.940.